The molecule has 5 aliphatic rings. The van der Waals surface area contributed by atoms with Gasteiger partial charge in [0.1, 0.15) is 25.3 Å². The maximum atomic E-state index is 13.8. The summed E-state index contributed by atoms with van der Waals surface area (Å²) in [5, 5.41) is 0. The minimum atomic E-state index is -0.360. The monoisotopic (exact) mass is 864 g/mol. The predicted molar refractivity (Wildman–Crippen MR) is 228 cm³/mol. The van der Waals surface area contributed by atoms with Crippen LogP contribution in [0.5, 0.6) is 34.5 Å². The third-order valence-electron chi connectivity index (χ3n) is 15.1. The van der Waals surface area contributed by atoms with Crippen LogP contribution >= 0.6 is 0 Å². The van der Waals surface area contributed by atoms with Crippen LogP contribution < -0.4 is 28.4 Å². The molecule has 5 fully saturated rings. The van der Waals surface area contributed by atoms with E-state index in [9.17, 15) is 19.2 Å². The van der Waals surface area contributed by atoms with Gasteiger partial charge >= 0.3 is 23.9 Å². The Morgan fingerprint density at radius 3 is 1.13 bits per heavy atom. The summed E-state index contributed by atoms with van der Waals surface area (Å²) in [6.07, 6.45) is 10.3. The van der Waals surface area contributed by atoms with Crippen LogP contribution in [0.4, 0.5) is 0 Å². The molecule has 6 atom stereocenters. The fourth-order valence-corrected chi connectivity index (χ4v) is 11.6. The Morgan fingerprint density at radius 2 is 0.839 bits per heavy atom. The molecule has 0 aromatic heterocycles. The van der Waals surface area contributed by atoms with Gasteiger partial charge in [0.15, 0.2) is 23.0 Å². The van der Waals surface area contributed by atoms with Gasteiger partial charge in [-0.15, -0.1) is 0 Å². The summed E-state index contributed by atoms with van der Waals surface area (Å²) < 4.78 is 48.0. The summed E-state index contributed by atoms with van der Waals surface area (Å²) in [6.45, 7) is 4.98. The molecule has 2 aromatic carbocycles. The minimum absolute atomic E-state index is 0.151. The van der Waals surface area contributed by atoms with Gasteiger partial charge in [-0.05, 0) is 43.5 Å². The topological polar surface area (TPSA) is 142 Å². The molecule has 0 spiro atoms. The largest absolute Gasteiger partial charge is 0.493 e. The average Bonchev–Trinajstić information content (AvgIpc) is 3.49. The first-order chi connectivity index (χ1) is 29.7. The maximum Gasteiger partial charge on any atom is 0.311 e. The quantitative estimate of drug-likeness (QED) is 0.0956. The third-order valence-corrected chi connectivity index (χ3v) is 15.1. The first-order valence-corrected chi connectivity index (χ1v) is 22.8. The molecule has 1 aliphatic carbocycles. The molecule has 2 aromatic rings. The highest BCUT2D eigenvalue weighted by Crippen LogP contribution is 2.48. The lowest BCUT2D eigenvalue weighted by atomic mass is 9.81. The van der Waals surface area contributed by atoms with Gasteiger partial charge in [-0.3, -0.25) is 19.2 Å². The Bertz CT molecular complexity index is 1770. The number of rotatable bonds is 16. The number of benzene rings is 2. The number of nitrogens with zero attached hydrogens (tertiary/aromatic N) is 2. The molecule has 0 amide bonds. The first kappa shape index (κ1) is 45.5. The van der Waals surface area contributed by atoms with Crippen LogP contribution in [0.15, 0.2) is 24.3 Å². The lowest BCUT2D eigenvalue weighted by molar-refractivity contribution is -0.961. The summed E-state index contributed by atoms with van der Waals surface area (Å²) in [4.78, 5) is 51.8. The zero-order chi connectivity index (χ0) is 44.3. The number of hydrogen-bond acceptors (Lipinski definition) is 12. The molecule has 4 aliphatic heterocycles. The van der Waals surface area contributed by atoms with Crippen molar-refractivity contribution in [1.82, 2.24) is 0 Å². The fourth-order valence-electron chi connectivity index (χ4n) is 11.6. The number of quaternary nitrogens is 2. The smallest absolute Gasteiger partial charge is 0.311 e. The maximum absolute atomic E-state index is 13.8. The van der Waals surface area contributed by atoms with Crippen molar-refractivity contribution in [3.8, 4) is 34.5 Å². The molecule has 4 saturated heterocycles. The Morgan fingerprint density at radius 1 is 0.516 bits per heavy atom. The van der Waals surface area contributed by atoms with Gasteiger partial charge in [0.05, 0.1) is 78.5 Å². The van der Waals surface area contributed by atoms with Crippen LogP contribution in [0.2, 0.25) is 0 Å². The molecule has 0 radical (unpaired) electrons. The molecule has 340 valence electrons. The van der Waals surface area contributed by atoms with E-state index >= 15 is 0 Å². The van der Waals surface area contributed by atoms with Crippen LogP contribution in [-0.2, 0) is 41.7 Å². The lowest BCUT2D eigenvalue weighted by Crippen LogP contribution is -2.58. The van der Waals surface area contributed by atoms with Crippen molar-refractivity contribution in [2.45, 2.75) is 153 Å². The third kappa shape index (κ3) is 9.23. The van der Waals surface area contributed by atoms with Gasteiger partial charge < -0.3 is 46.9 Å². The number of fused-ring (bicyclic) bond motifs is 4. The van der Waals surface area contributed by atoms with Gasteiger partial charge in [-0.2, -0.15) is 0 Å². The van der Waals surface area contributed by atoms with Crippen LogP contribution in [0.1, 0.15) is 115 Å². The molecule has 4 bridgehead atoms. The number of hydrogen-bond donors (Lipinski definition) is 0. The second-order valence-electron chi connectivity index (χ2n) is 18.7. The zero-order valence-electron chi connectivity index (χ0n) is 38.0. The van der Waals surface area contributed by atoms with Crippen LogP contribution in [0.25, 0.3) is 0 Å². The Hall–Kier alpha value is -4.56. The Balaban J connectivity index is 0.920. The number of esters is 4. The summed E-state index contributed by atoms with van der Waals surface area (Å²) >= 11 is 0. The standard InChI is InChI=1S/C48H68N2O12/c1-9-43(51)61-45-39(55-5)18-29(19-40(45)56-6)27-49(3)33-14-15-34(49)24-37(23-33)59-47(53)31-12-11-13-32(22-31)48(54)60-38-25-35-16-17-36(26-38)50(35,4)28-30-20-41(57-7)46(42(21-30)58-8)62-44(52)10-2/h18-21,31-38H,9-17,22-28H2,1-8H3/q+2. The Kier molecular flexibility index (Phi) is 14.0. The van der Waals surface area contributed by atoms with Crippen molar-refractivity contribution in [3.05, 3.63) is 35.4 Å². The van der Waals surface area contributed by atoms with Crippen molar-refractivity contribution < 1.29 is 66.0 Å². The molecular weight excluding hydrogens is 797 g/mol. The summed E-state index contributed by atoms with van der Waals surface area (Å²) in [7, 11) is 10.8. The van der Waals surface area contributed by atoms with E-state index < -0.39 is 0 Å². The molecule has 6 unspecified atom stereocenters. The van der Waals surface area contributed by atoms with Gasteiger partial charge in [0, 0.05) is 75.3 Å². The summed E-state index contributed by atoms with van der Waals surface area (Å²) in [5.74, 6) is 0.735. The van der Waals surface area contributed by atoms with E-state index in [2.05, 4.69) is 14.1 Å². The molecule has 4 heterocycles. The highest BCUT2D eigenvalue weighted by molar-refractivity contribution is 5.77. The number of methoxy groups -OCH3 is 4. The van der Waals surface area contributed by atoms with Crippen molar-refractivity contribution >= 4 is 23.9 Å². The van der Waals surface area contributed by atoms with E-state index in [4.69, 9.17) is 37.9 Å². The molecule has 7 rings (SSSR count). The second kappa shape index (κ2) is 19.0. The van der Waals surface area contributed by atoms with E-state index in [1.807, 2.05) is 24.3 Å². The molecule has 14 nitrogen and oxygen atoms in total. The predicted octanol–water partition coefficient (Wildman–Crippen LogP) is 7.22. The van der Waals surface area contributed by atoms with Crippen LogP contribution in [0.3, 0.4) is 0 Å². The van der Waals surface area contributed by atoms with Gasteiger partial charge in [-0.25, -0.2) is 0 Å². The van der Waals surface area contributed by atoms with Crippen molar-refractivity contribution in [2.24, 2.45) is 11.8 Å². The van der Waals surface area contributed by atoms with Gasteiger partial charge in [-0.1, -0.05) is 20.3 Å². The SMILES string of the molecule is CCC(=O)Oc1c(OC)cc(C[N+]2(C)C3CCC2CC(OC(=O)C2CCCC(C(=O)OC4CC5CCC(C4)[N+]5(C)Cc4cc(OC)c(OC(=O)CC)c(OC)c4)C2)C3)cc1OC. The highest BCUT2D eigenvalue weighted by Gasteiger charge is 2.54. The highest BCUT2D eigenvalue weighted by atomic mass is 16.6. The number of carbonyl (C=O) groups excluding carboxylic acids is 4. The fraction of sp³-hybridized carbons (Fsp3) is 0.667. The average molecular weight is 865 g/mol. The number of carbonyl (C=O) groups is 4. The first-order valence-electron chi connectivity index (χ1n) is 22.8. The van der Waals surface area contributed by atoms with E-state index in [1.54, 1.807) is 42.3 Å². The van der Waals surface area contributed by atoms with Gasteiger partial charge in [0.25, 0.3) is 0 Å². The van der Waals surface area contributed by atoms with E-state index in [-0.39, 0.29) is 60.8 Å². The Labute approximate surface area is 366 Å². The van der Waals surface area contributed by atoms with E-state index in [0.29, 0.717) is 65.1 Å². The number of ether oxygens (including phenoxy) is 8. The summed E-state index contributed by atoms with van der Waals surface area (Å²) in [6, 6.07) is 9.03. The number of piperidine rings is 2. The molecule has 62 heavy (non-hydrogen) atoms. The van der Waals surface area contributed by atoms with Crippen LogP contribution in [0, 0.1) is 11.8 Å². The summed E-state index contributed by atoms with van der Waals surface area (Å²) in [5.41, 5.74) is 2.06. The normalized spacial score (nSPS) is 31.1. The second-order valence-corrected chi connectivity index (χ2v) is 18.7. The zero-order valence-corrected chi connectivity index (χ0v) is 38.0. The van der Waals surface area contributed by atoms with Gasteiger partial charge in [0.2, 0.25) is 11.5 Å². The van der Waals surface area contributed by atoms with E-state index in [0.717, 1.165) is 104 Å². The van der Waals surface area contributed by atoms with Crippen molar-refractivity contribution in [3.63, 3.8) is 0 Å². The van der Waals surface area contributed by atoms with Crippen molar-refractivity contribution in [1.29, 1.82) is 0 Å². The van der Waals surface area contributed by atoms with Crippen LogP contribution in [-0.4, -0.2) is 112 Å². The van der Waals surface area contributed by atoms with Crippen molar-refractivity contribution in [2.75, 3.05) is 42.5 Å². The van der Waals surface area contributed by atoms with E-state index in [1.165, 1.54) is 0 Å². The molecule has 0 N–H and O–H groups in total. The molecule has 1 saturated carbocycles. The lowest BCUT2D eigenvalue weighted by Gasteiger charge is -2.47. The molecular formula is C48H68N2O12+2. The minimum Gasteiger partial charge on any atom is -0.493 e. The molecule has 14 heteroatoms.